The lowest BCUT2D eigenvalue weighted by atomic mass is 10.2. The Hall–Kier alpha value is -0.320. The third-order valence-corrected chi connectivity index (χ3v) is 5.39. The fourth-order valence-corrected chi connectivity index (χ4v) is 3.17. The maximum atomic E-state index is 12.4. The summed E-state index contributed by atoms with van der Waals surface area (Å²) in [4.78, 5) is 12.4. The van der Waals surface area contributed by atoms with Gasteiger partial charge in [0.25, 0.3) is 5.91 Å². The van der Waals surface area contributed by atoms with Crippen LogP contribution in [0, 0.1) is 3.57 Å². The van der Waals surface area contributed by atoms with E-state index in [9.17, 15) is 4.79 Å². The number of anilines is 1. The number of nitrogens with one attached hydrogen (secondary N) is 3. The first-order valence-corrected chi connectivity index (χ1v) is 10.5. The molecule has 0 heterocycles. The van der Waals surface area contributed by atoms with E-state index in [0.717, 1.165) is 13.7 Å². The molecule has 0 radical (unpaired) electrons. The van der Waals surface area contributed by atoms with Crippen LogP contribution in [0.3, 0.4) is 0 Å². The van der Waals surface area contributed by atoms with Crippen molar-refractivity contribution in [3.63, 3.8) is 0 Å². The number of halogens is 5. The average molecular weight is 608 g/mol. The van der Waals surface area contributed by atoms with Gasteiger partial charge in [-0.25, -0.2) is 0 Å². The van der Waals surface area contributed by atoms with E-state index in [2.05, 4.69) is 54.5 Å². The van der Waals surface area contributed by atoms with Gasteiger partial charge < -0.3 is 16.0 Å². The van der Waals surface area contributed by atoms with Gasteiger partial charge in [-0.2, -0.15) is 0 Å². The van der Waals surface area contributed by atoms with Gasteiger partial charge in [-0.1, -0.05) is 46.9 Å². The zero-order chi connectivity index (χ0) is 19.3. The Morgan fingerprint density at radius 2 is 1.69 bits per heavy atom. The monoisotopic (exact) mass is 605 g/mol. The van der Waals surface area contributed by atoms with Crippen LogP contribution in [0.5, 0.6) is 0 Å². The molecule has 1 amide bonds. The number of hydrogen-bond acceptors (Lipinski definition) is 2. The molecule has 138 valence electrons. The molecule has 0 aliphatic carbocycles. The molecule has 1 atom stereocenters. The van der Waals surface area contributed by atoms with Crippen molar-refractivity contribution >= 4 is 102 Å². The number of carbonyl (C=O) groups is 1. The van der Waals surface area contributed by atoms with Gasteiger partial charge in [0.1, 0.15) is 6.17 Å². The lowest BCUT2D eigenvalue weighted by Gasteiger charge is -2.28. The fourth-order valence-electron chi connectivity index (χ4n) is 1.87. The minimum Gasteiger partial charge on any atom is -0.339 e. The van der Waals surface area contributed by atoms with Crippen molar-refractivity contribution in [3.8, 4) is 0 Å². The van der Waals surface area contributed by atoms with Crippen molar-refractivity contribution < 1.29 is 4.79 Å². The molecule has 26 heavy (non-hydrogen) atoms. The summed E-state index contributed by atoms with van der Waals surface area (Å²) in [6.07, 6.45) is -1.04. The second kappa shape index (κ2) is 9.75. The zero-order valence-corrected chi connectivity index (χ0v) is 19.7. The Morgan fingerprint density at radius 3 is 2.27 bits per heavy atom. The predicted octanol–water partition coefficient (Wildman–Crippen LogP) is 5.47. The van der Waals surface area contributed by atoms with Gasteiger partial charge in [-0.05, 0) is 87.1 Å². The van der Waals surface area contributed by atoms with Gasteiger partial charge in [0.2, 0.25) is 3.79 Å². The molecule has 3 N–H and O–H groups in total. The normalized spacial score (nSPS) is 12.2. The largest absolute Gasteiger partial charge is 0.339 e. The SMILES string of the molecule is O=C(N[C@@H](NC(=S)Nc1ccccc1Br)C(Cl)(Cl)Cl)c1ccc(I)cc1. The second-order valence-corrected chi connectivity index (χ2v) is 9.91. The Balaban J connectivity index is 2.07. The minimum atomic E-state index is -1.82. The summed E-state index contributed by atoms with van der Waals surface area (Å²) in [5.74, 6) is -0.395. The van der Waals surface area contributed by atoms with Gasteiger partial charge in [-0.3, -0.25) is 4.79 Å². The highest BCUT2D eigenvalue weighted by Gasteiger charge is 2.34. The smallest absolute Gasteiger partial charge is 0.252 e. The molecule has 0 unspecified atom stereocenters. The number of thiocarbonyl (C=S) groups is 1. The fraction of sp³-hybridized carbons (Fsp3) is 0.125. The molecular formula is C16H12BrCl3IN3OS. The first kappa shape index (κ1) is 22.0. The number of alkyl halides is 3. The van der Waals surface area contributed by atoms with Crippen molar-refractivity contribution in [1.29, 1.82) is 0 Å². The molecule has 0 aromatic heterocycles. The molecule has 0 spiro atoms. The molecule has 10 heteroatoms. The summed E-state index contributed by atoms with van der Waals surface area (Å²) in [6, 6.07) is 14.4. The van der Waals surface area contributed by atoms with Crippen molar-refractivity contribution in [2.24, 2.45) is 0 Å². The van der Waals surface area contributed by atoms with Crippen LogP contribution in [0.4, 0.5) is 5.69 Å². The molecule has 0 fully saturated rings. The van der Waals surface area contributed by atoms with E-state index in [0.29, 0.717) is 5.56 Å². The van der Waals surface area contributed by atoms with E-state index in [1.54, 1.807) is 12.1 Å². The third-order valence-electron chi connectivity index (χ3n) is 3.11. The molecule has 0 bridgehead atoms. The van der Waals surface area contributed by atoms with Gasteiger partial charge >= 0.3 is 0 Å². The molecule has 2 aromatic carbocycles. The summed E-state index contributed by atoms with van der Waals surface area (Å²) >= 11 is 28.8. The van der Waals surface area contributed by atoms with Crippen molar-refractivity contribution in [2.45, 2.75) is 9.96 Å². The lowest BCUT2D eigenvalue weighted by molar-refractivity contribution is 0.0934. The van der Waals surface area contributed by atoms with Crippen LogP contribution in [0.2, 0.25) is 0 Å². The number of rotatable bonds is 4. The van der Waals surface area contributed by atoms with Gasteiger partial charge in [0.05, 0.1) is 5.69 Å². The Kier molecular flexibility index (Phi) is 8.24. The van der Waals surface area contributed by atoms with Crippen LogP contribution in [0.1, 0.15) is 10.4 Å². The first-order valence-electron chi connectivity index (χ1n) is 7.12. The summed E-state index contributed by atoms with van der Waals surface area (Å²) in [6.45, 7) is 0. The lowest BCUT2D eigenvalue weighted by Crippen LogP contribution is -2.56. The van der Waals surface area contributed by atoms with Crippen molar-refractivity contribution in [2.75, 3.05) is 5.32 Å². The predicted molar refractivity (Wildman–Crippen MR) is 124 cm³/mol. The van der Waals surface area contributed by atoms with Crippen molar-refractivity contribution in [3.05, 3.63) is 62.1 Å². The van der Waals surface area contributed by atoms with Gasteiger partial charge in [-0.15, -0.1) is 0 Å². The average Bonchev–Trinajstić information content (AvgIpc) is 2.56. The van der Waals surface area contributed by atoms with E-state index in [1.807, 2.05) is 36.4 Å². The Bertz CT molecular complexity index is 802. The van der Waals surface area contributed by atoms with Crippen LogP contribution in [-0.2, 0) is 0 Å². The maximum Gasteiger partial charge on any atom is 0.252 e. The molecule has 4 nitrogen and oxygen atoms in total. The summed E-state index contributed by atoms with van der Waals surface area (Å²) in [7, 11) is 0. The topological polar surface area (TPSA) is 53.2 Å². The number of carbonyl (C=O) groups excluding carboxylic acids is 1. The maximum absolute atomic E-state index is 12.4. The van der Waals surface area contributed by atoms with E-state index < -0.39 is 15.9 Å². The summed E-state index contributed by atoms with van der Waals surface area (Å²) in [5.41, 5.74) is 1.17. The molecule has 0 saturated carbocycles. The number of hydrogen-bond donors (Lipinski definition) is 3. The highest BCUT2D eigenvalue weighted by molar-refractivity contribution is 14.1. The molecule has 0 saturated heterocycles. The van der Waals surface area contributed by atoms with Gasteiger partial charge in [0, 0.05) is 13.6 Å². The van der Waals surface area contributed by atoms with Crippen LogP contribution >= 0.6 is 85.5 Å². The highest BCUT2D eigenvalue weighted by atomic mass is 127. The number of amides is 1. The van der Waals surface area contributed by atoms with E-state index in [4.69, 9.17) is 47.0 Å². The third kappa shape index (κ3) is 6.69. The van der Waals surface area contributed by atoms with Crippen molar-refractivity contribution in [1.82, 2.24) is 10.6 Å². The Morgan fingerprint density at radius 1 is 1.08 bits per heavy atom. The standard InChI is InChI=1S/C16H12BrCl3IN3OS/c17-11-3-1-2-4-12(11)22-15(26)24-14(16(18,19)20)23-13(25)9-5-7-10(21)8-6-9/h1-8,14H,(H,23,25)(H2,22,24,26)/t14-/m0/s1. The summed E-state index contributed by atoms with van der Waals surface area (Å²) in [5, 5.41) is 8.62. The molecule has 0 aliphatic heterocycles. The van der Waals surface area contributed by atoms with Crippen LogP contribution < -0.4 is 16.0 Å². The van der Waals surface area contributed by atoms with E-state index >= 15 is 0 Å². The molecular weight excluding hydrogens is 595 g/mol. The molecule has 2 rings (SSSR count). The van der Waals surface area contributed by atoms with E-state index in [1.165, 1.54) is 0 Å². The number of benzene rings is 2. The molecule has 2 aromatic rings. The second-order valence-electron chi connectivity index (χ2n) is 5.03. The number of para-hydroxylation sites is 1. The summed E-state index contributed by atoms with van der Waals surface area (Å²) < 4.78 is 0.00458. The van der Waals surface area contributed by atoms with E-state index in [-0.39, 0.29) is 5.11 Å². The minimum absolute atomic E-state index is 0.191. The Labute approximate surface area is 193 Å². The van der Waals surface area contributed by atoms with Crippen LogP contribution in [0.25, 0.3) is 0 Å². The highest BCUT2D eigenvalue weighted by Crippen LogP contribution is 2.29. The zero-order valence-electron chi connectivity index (χ0n) is 12.9. The van der Waals surface area contributed by atoms with Gasteiger partial charge in [0.15, 0.2) is 5.11 Å². The quantitative estimate of drug-likeness (QED) is 0.187. The molecule has 0 aliphatic rings. The first-order chi connectivity index (χ1) is 12.2. The van der Waals surface area contributed by atoms with Crippen LogP contribution in [-0.4, -0.2) is 21.0 Å². The van der Waals surface area contributed by atoms with Crippen LogP contribution in [0.15, 0.2) is 53.0 Å².